The van der Waals surface area contributed by atoms with E-state index in [4.69, 9.17) is 16.3 Å². The number of rotatable bonds is 6. The fourth-order valence-corrected chi connectivity index (χ4v) is 4.39. The van der Waals surface area contributed by atoms with Crippen molar-refractivity contribution in [1.82, 2.24) is 14.3 Å². The standard InChI is InChI=1S/C24H24ClN3O4/c1-14-7-5-10-27-15(2)19(26-23(14)27)21(29)18-20(16-8-4-9-17(25)13-16)28(11-6-12-32-3)24(31)22(18)30/h4-5,7-10,13,20,29H,6,11-12H2,1-3H3. The number of aliphatic hydroxyl groups is 1. The Balaban J connectivity index is 1.91. The zero-order chi connectivity index (χ0) is 23.0. The van der Waals surface area contributed by atoms with Crippen LogP contribution in [0.25, 0.3) is 11.4 Å². The molecule has 0 saturated carbocycles. The fourth-order valence-electron chi connectivity index (χ4n) is 4.19. The minimum Gasteiger partial charge on any atom is -0.505 e. The van der Waals surface area contributed by atoms with Crippen molar-refractivity contribution >= 4 is 34.7 Å². The summed E-state index contributed by atoms with van der Waals surface area (Å²) in [7, 11) is 1.58. The fraction of sp³-hybridized carbons (Fsp3) is 0.292. The molecule has 1 fully saturated rings. The molecule has 0 bridgehead atoms. The van der Waals surface area contributed by atoms with E-state index in [1.54, 1.807) is 31.4 Å². The van der Waals surface area contributed by atoms with Gasteiger partial charge in [-0.1, -0.05) is 29.8 Å². The number of aryl methyl sites for hydroxylation is 2. The van der Waals surface area contributed by atoms with Crippen LogP contribution in [0.3, 0.4) is 0 Å². The Kier molecular flexibility index (Phi) is 6.04. The number of aliphatic hydroxyl groups excluding tert-OH is 1. The van der Waals surface area contributed by atoms with Gasteiger partial charge >= 0.3 is 0 Å². The zero-order valence-electron chi connectivity index (χ0n) is 18.1. The molecule has 32 heavy (non-hydrogen) atoms. The highest BCUT2D eigenvalue weighted by Gasteiger charge is 2.46. The number of amides is 1. The Morgan fingerprint density at radius 3 is 2.69 bits per heavy atom. The number of methoxy groups -OCH3 is 1. The van der Waals surface area contributed by atoms with Crippen LogP contribution in [0.2, 0.25) is 5.02 Å². The number of carbonyl (C=O) groups excluding carboxylic acids is 2. The van der Waals surface area contributed by atoms with Crippen molar-refractivity contribution in [3.8, 4) is 0 Å². The molecule has 1 aliphatic heterocycles. The van der Waals surface area contributed by atoms with Crippen LogP contribution in [0.15, 0.2) is 48.2 Å². The summed E-state index contributed by atoms with van der Waals surface area (Å²) >= 11 is 6.21. The number of ketones is 1. The largest absolute Gasteiger partial charge is 0.505 e. The van der Waals surface area contributed by atoms with Crippen molar-refractivity contribution in [3.05, 3.63) is 75.7 Å². The molecule has 0 radical (unpaired) electrons. The van der Waals surface area contributed by atoms with E-state index in [1.165, 1.54) is 4.90 Å². The zero-order valence-corrected chi connectivity index (χ0v) is 18.9. The van der Waals surface area contributed by atoms with E-state index in [9.17, 15) is 14.7 Å². The molecular weight excluding hydrogens is 430 g/mol. The number of likely N-dealkylation sites (tertiary alicyclic amines) is 1. The van der Waals surface area contributed by atoms with Gasteiger partial charge in [0, 0.05) is 31.5 Å². The van der Waals surface area contributed by atoms with Crippen LogP contribution in [-0.4, -0.2) is 51.3 Å². The summed E-state index contributed by atoms with van der Waals surface area (Å²) in [4.78, 5) is 32.1. The minimum absolute atomic E-state index is 0.0128. The van der Waals surface area contributed by atoms with Gasteiger partial charge in [0.25, 0.3) is 11.7 Å². The number of halogens is 1. The molecule has 2 aromatic heterocycles. The Morgan fingerprint density at radius 1 is 1.22 bits per heavy atom. The summed E-state index contributed by atoms with van der Waals surface area (Å²) < 4.78 is 6.96. The summed E-state index contributed by atoms with van der Waals surface area (Å²) in [5, 5.41) is 11.8. The van der Waals surface area contributed by atoms with Gasteiger partial charge in [-0.15, -0.1) is 0 Å². The molecule has 0 aliphatic carbocycles. The number of ether oxygens (including phenoxy) is 1. The first-order valence-corrected chi connectivity index (χ1v) is 10.7. The van der Waals surface area contributed by atoms with Gasteiger partial charge in [-0.2, -0.15) is 0 Å². The summed E-state index contributed by atoms with van der Waals surface area (Å²) in [6.45, 7) is 4.48. The van der Waals surface area contributed by atoms with Gasteiger partial charge in [-0.3, -0.25) is 9.59 Å². The molecule has 1 aromatic carbocycles. The second-order valence-corrected chi connectivity index (χ2v) is 8.26. The average molecular weight is 454 g/mol. The second-order valence-electron chi connectivity index (χ2n) is 7.82. The first-order valence-electron chi connectivity index (χ1n) is 10.3. The Hall–Kier alpha value is -3.16. The van der Waals surface area contributed by atoms with E-state index < -0.39 is 17.7 Å². The van der Waals surface area contributed by atoms with Crippen LogP contribution in [0.5, 0.6) is 0 Å². The Bertz CT molecular complexity index is 1250. The number of pyridine rings is 1. The molecule has 1 saturated heterocycles. The number of carbonyl (C=O) groups is 2. The third-order valence-corrected chi connectivity index (χ3v) is 6.00. The van der Waals surface area contributed by atoms with Gasteiger partial charge < -0.3 is 19.1 Å². The molecular formula is C24H24ClN3O4. The molecule has 0 spiro atoms. The average Bonchev–Trinajstić information content (AvgIpc) is 3.24. The monoisotopic (exact) mass is 453 g/mol. The number of aromatic nitrogens is 2. The predicted octanol–water partition coefficient (Wildman–Crippen LogP) is 4.06. The smallest absolute Gasteiger partial charge is 0.295 e. The summed E-state index contributed by atoms with van der Waals surface area (Å²) in [6, 6.07) is 10.0. The normalized spacial score (nSPS) is 18.1. The van der Waals surface area contributed by atoms with E-state index in [-0.39, 0.29) is 17.0 Å². The molecule has 1 aliphatic rings. The summed E-state index contributed by atoms with van der Waals surface area (Å²) in [5.74, 6) is -1.69. The van der Waals surface area contributed by atoms with E-state index in [1.807, 2.05) is 36.6 Å². The number of nitrogens with zero attached hydrogens (tertiary/aromatic N) is 3. The number of hydrogen-bond donors (Lipinski definition) is 1. The van der Waals surface area contributed by atoms with Crippen LogP contribution in [-0.2, 0) is 14.3 Å². The van der Waals surface area contributed by atoms with Crippen molar-refractivity contribution in [2.45, 2.75) is 26.3 Å². The van der Waals surface area contributed by atoms with E-state index >= 15 is 0 Å². The molecule has 1 amide bonds. The van der Waals surface area contributed by atoms with Crippen molar-refractivity contribution in [3.63, 3.8) is 0 Å². The summed E-state index contributed by atoms with van der Waals surface area (Å²) in [5.41, 5.74) is 3.23. The molecule has 1 unspecified atom stereocenters. The van der Waals surface area contributed by atoms with E-state index in [2.05, 4.69) is 4.98 Å². The van der Waals surface area contributed by atoms with E-state index in [0.29, 0.717) is 41.5 Å². The van der Waals surface area contributed by atoms with Crippen molar-refractivity contribution < 1.29 is 19.4 Å². The molecule has 4 rings (SSSR count). The van der Waals surface area contributed by atoms with Gasteiger partial charge in [0.1, 0.15) is 11.3 Å². The van der Waals surface area contributed by atoms with E-state index in [0.717, 1.165) is 5.56 Å². The van der Waals surface area contributed by atoms with Crippen LogP contribution in [0.4, 0.5) is 0 Å². The quantitative estimate of drug-likeness (QED) is 0.263. The number of hydrogen-bond acceptors (Lipinski definition) is 5. The molecule has 1 atom stereocenters. The Labute approximate surface area is 190 Å². The number of fused-ring (bicyclic) bond motifs is 1. The predicted molar refractivity (Wildman–Crippen MR) is 122 cm³/mol. The maximum atomic E-state index is 13.1. The minimum atomic E-state index is -0.768. The lowest BCUT2D eigenvalue weighted by Gasteiger charge is -2.25. The highest BCUT2D eigenvalue weighted by Crippen LogP contribution is 2.40. The van der Waals surface area contributed by atoms with Gasteiger partial charge in [-0.25, -0.2) is 4.98 Å². The Morgan fingerprint density at radius 2 is 2.00 bits per heavy atom. The first kappa shape index (κ1) is 22.0. The van der Waals surface area contributed by atoms with Gasteiger partial charge in [0.15, 0.2) is 5.76 Å². The number of benzene rings is 1. The van der Waals surface area contributed by atoms with Crippen LogP contribution >= 0.6 is 11.6 Å². The van der Waals surface area contributed by atoms with Crippen molar-refractivity contribution in [2.75, 3.05) is 20.3 Å². The molecule has 3 heterocycles. The topological polar surface area (TPSA) is 84.1 Å². The molecule has 7 nitrogen and oxygen atoms in total. The van der Waals surface area contributed by atoms with Crippen LogP contribution in [0, 0.1) is 13.8 Å². The van der Waals surface area contributed by atoms with Gasteiger partial charge in [0.2, 0.25) is 0 Å². The van der Waals surface area contributed by atoms with Crippen molar-refractivity contribution in [1.29, 1.82) is 0 Å². The molecule has 166 valence electrons. The third kappa shape index (κ3) is 3.67. The number of Topliss-reactive ketones (excluding diaryl/α,β-unsaturated/α-hetero) is 1. The maximum Gasteiger partial charge on any atom is 0.295 e. The SMILES string of the molecule is COCCCN1C(=O)C(=O)C(=C(O)c2nc3c(C)cccn3c2C)C1c1cccc(Cl)c1. The van der Waals surface area contributed by atoms with Gasteiger partial charge in [0.05, 0.1) is 17.3 Å². The van der Waals surface area contributed by atoms with Gasteiger partial charge in [-0.05, 0) is 49.6 Å². The maximum absolute atomic E-state index is 13.1. The van der Waals surface area contributed by atoms with Crippen LogP contribution < -0.4 is 0 Å². The molecule has 1 N–H and O–H groups in total. The second kappa shape index (κ2) is 8.76. The number of imidazole rings is 1. The molecule has 8 heteroatoms. The lowest BCUT2D eigenvalue weighted by Crippen LogP contribution is -2.31. The molecule has 3 aromatic rings. The summed E-state index contributed by atoms with van der Waals surface area (Å²) in [6.07, 6.45) is 2.40. The first-order chi connectivity index (χ1) is 15.3. The van der Waals surface area contributed by atoms with Crippen LogP contribution in [0.1, 0.15) is 35.0 Å². The lowest BCUT2D eigenvalue weighted by atomic mass is 9.96. The highest BCUT2D eigenvalue weighted by atomic mass is 35.5. The third-order valence-electron chi connectivity index (χ3n) is 5.76. The highest BCUT2D eigenvalue weighted by molar-refractivity contribution is 6.46. The lowest BCUT2D eigenvalue weighted by molar-refractivity contribution is -0.140. The van der Waals surface area contributed by atoms with Crippen molar-refractivity contribution in [2.24, 2.45) is 0 Å².